The van der Waals surface area contributed by atoms with Gasteiger partial charge in [0.25, 0.3) is 0 Å². The maximum absolute atomic E-state index is 12.1. The Hall–Kier alpha value is -2.25. The topological polar surface area (TPSA) is 82.5 Å². The Labute approximate surface area is 145 Å². The maximum Gasteiger partial charge on any atom is 0.309 e. The number of nitrogens with zero attached hydrogens (tertiary/aromatic N) is 2. The van der Waals surface area contributed by atoms with Crippen molar-refractivity contribution in [1.29, 1.82) is 0 Å². The number of benzene rings is 1. The number of carboxylic acid groups (broad SMARTS) is 1. The van der Waals surface area contributed by atoms with Crippen LogP contribution in [0.2, 0.25) is 0 Å². The molecule has 0 bridgehead atoms. The molecule has 128 valence electrons. The van der Waals surface area contributed by atoms with Gasteiger partial charge < -0.3 is 10.4 Å². The molecule has 0 aliphatic heterocycles. The predicted octanol–water partition coefficient (Wildman–Crippen LogP) is 2.72. The highest BCUT2D eigenvalue weighted by molar-refractivity contribution is 7.13. The zero-order chi connectivity index (χ0) is 17.5. The Kier molecular flexibility index (Phi) is 6.45. The van der Waals surface area contributed by atoms with Gasteiger partial charge >= 0.3 is 5.97 Å². The van der Waals surface area contributed by atoms with Crippen molar-refractivity contribution in [3.05, 3.63) is 35.3 Å². The van der Waals surface area contributed by atoms with E-state index < -0.39 is 5.97 Å². The smallest absolute Gasteiger partial charge is 0.309 e. The number of aromatic nitrogens is 1. The molecule has 0 fully saturated rings. The van der Waals surface area contributed by atoms with Gasteiger partial charge in [0.15, 0.2) is 0 Å². The van der Waals surface area contributed by atoms with E-state index in [0.717, 1.165) is 23.7 Å². The van der Waals surface area contributed by atoms with Crippen molar-refractivity contribution in [1.82, 2.24) is 9.88 Å². The molecule has 0 aliphatic carbocycles. The number of amides is 1. The summed E-state index contributed by atoms with van der Waals surface area (Å²) in [6, 6.07) is 7.42. The first kappa shape index (κ1) is 18.1. The Morgan fingerprint density at radius 3 is 2.71 bits per heavy atom. The van der Waals surface area contributed by atoms with E-state index in [1.807, 2.05) is 43.0 Å². The van der Waals surface area contributed by atoms with Gasteiger partial charge in [-0.05, 0) is 25.2 Å². The first-order chi connectivity index (χ1) is 11.5. The number of likely N-dealkylation sites (N-methyl/N-ethyl adjacent to an activating group) is 1. The van der Waals surface area contributed by atoms with Crippen molar-refractivity contribution >= 4 is 28.9 Å². The van der Waals surface area contributed by atoms with E-state index in [9.17, 15) is 9.59 Å². The van der Waals surface area contributed by atoms with E-state index in [2.05, 4.69) is 10.3 Å². The van der Waals surface area contributed by atoms with Gasteiger partial charge in [0.05, 0.1) is 18.7 Å². The molecule has 0 aliphatic rings. The number of rotatable bonds is 8. The summed E-state index contributed by atoms with van der Waals surface area (Å²) in [5.41, 5.74) is 2.11. The normalized spacial score (nSPS) is 10.8. The Bertz CT molecular complexity index is 711. The number of carbonyl (C=O) groups excluding carboxylic acids is 1. The van der Waals surface area contributed by atoms with Crippen molar-refractivity contribution in [2.45, 2.75) is 20.3 Å². The third kappa shape index (κ3) is 5.14. The molecule has 2 N–H and O–H groups in total. The van der Waals surface area contributed by atoms with Crippen LogP contribution in [0.25, 0.3) is 10.6 Å². The summed E-state index contributed by atoms with van der Waals surface area (Å²) < 4.78 is 0. The molecule has 1 aromatic heterocycles. The van der Waals surface area contributed by atoms with Crippen LogP contribution in [0.5, 0.6) is 0 Å². The van der Waals surface area contributed by atoms with Gasteiger partial charge in [0.2, 0.25) is 5.91 Å². The third-order valence-corrected chi connectivity index (χ3v) is 4.48. The highest BCUT2D eigenvalue weighted by Crippen LogP contribution is 2.26. The third-order valence-electron chi connectivity index (χ3n) is 3.54. The highest BCUT2D eigenvalue weighted by Gasteiger charge is 2.10. The number of nitrogens with one attached hydrogen (secondary N) is 1. The summed E-state index contributed by atoms with van der Waals surface area (Å²) in [6.07, 6.45) is -0.0865. The van der Waals surface area contributed by atoms with E-state index >= 15 is 0 Å². The quantitative estimate of drug-likeness (QED) is 0.767. The number of hydrogen-bond acceptors (Lipinski definition) is 5. The number of anilines is 1. The first-order valence-corrected chi connectivity index (χ1v) is 8.68. The number of thiazole rings is 1. The van der Waals surface area contributed by atoms with Gasteiger partial charge in [-0.25, -0.2) is 4.98 Å². The monoisotopic (exact) mass is 347 g/mol. The van der Waals surface area contributed by atoms with Gasteiger partial charge in [0.1, 0.15) is 5.01 Å². The minimum atomic E-state index is -0.899. The minimum absolute atomic E-state index is 0.0541. The molecule has 7 heteroatoms. The van der Waals surface area contributed by atoms with Crippen LogP contribution in [0.4, 0.5) is 5.69 Å². The Morgan fingerprint density at radius 1 is 1.29 bits per heavy atom. The fraction of sp³-hybridized carbons (Fsp3) is 0.353. The van der Waals surface area contributed by atoms with Crippen molar-refractivity contribution in [3.8, 4) is 10.6 Å². The maximum atomic E-state index is 12.1. The van der Waals surface area contributed by atoms with Gasteiger partial charge in [-0.3, -0.25) is 14.5 Å². The number of carboxylic acids is 1. The molecule has 0 saturated heterocycles. The van der Waals surface area contributed by atoms with E-state index in [1.54, 1.807) is 5.38 Å². The summed E-state index contributed by atoms with van der Waals surface area (Å²) in [5.74, 6) is -0.953. The molecule has 1 aromatic carbocycles. The fourth-order valence-corrected chi connectivity index (χ4v) is 3.07. The Balaban J connectivity index is 2.07. The van der Waals surface area contributed by atoms with Crippen LogP contribution in [-0.4, -0.2) is 46.5 Å². The van der Waals surface area contributed by atoms with Crippen LogP contribution < -0.4 is 5.32 Å². The van der Waals surface area contributed by atoms with Gasteiger partial charge in [-0.1, -0.05) is 26.0 Å². The summed E-state index contributed by atoms with van der Waals surface area (Å²) >= 11 is 1.39. The fourth-order valence-electron chi connectivity index (χ4n) is 2.26. The summed E-state index contributed by atoms with van der Waals surface area (Å²) in [7, 11) is 0. The molecule has 0 spiro atoms. The molecular weight excluding hydrogens is 326 g/mol. The SMILES string of the molecule is CCN(CC)CC(=O)Nc1cccc(-c2nc(CC(=O)O)cs2)c1. The molecule has 0 atom stereocenters. The van der Waals surface area contributed by atoms with Crippen LogP contribution >= 0.6 is 11.3 Å². The average molecular weight is 347 g/mol. The molecule has 6 nitrogen and oxygen atoms in total. The molecule has 1 heterocycles. The van der Waals surface area contributed by atoms with Crippen molar-refractivity contribution in [2.75, 3.05) is 25.0 Å². The minimum Gasteiger partial charge on any atom is -0.481 e. The lowest BCUT2D eigenvalue weighted by Crippen LogP contribution is -2.32. The lowest BCUT2D eigenvalue weighted by molar-refractivity contribution is -0.136. The molecular formula is C17H21N3O3S. The van der Waals surface area contributed by atoms with Crippen LogP contribution in [-0.2, 0) is 16.0 Å². The number of aliphatic carboxylic acids is 1. The molecule has 1 amide bonds. The van der Waals surface area contributed by atoms with E-state index in [-0.39, 0.29) is 12.3 Å². The largest absolute Gasteiger partial charge is 0.481 e. The van der Waals surface area contributed by atoms with Gasteiger partial charge in [-0.2, -0.15) is 0 Å². The number of hydrogen-bond donors (Lipinski definition) is 2. The number of carbonyl (C=O) groups is 2. The lowest BCUT2D eigenvalue weighted by atomic mass is 10.2. The highest BCUT2D eigenvalue weighted by atomic mass is 32.1. The second-order valence-corrected chi connectivity index (χ2v) is 6.16. The van der Waals surface area contributed by atoms with Crippen LogP contribution in [0.15, 0.2) is 29.6 Å². The standard InChI is InChI=1S/C17H21N3O3S/c1-3-20(4-2)10-15(21)18-13-7-5-6-12(8-13)17-19-14(11-24-17)9-16(22)23/h5-8,11H,3-4,9-10H2,1-2H3,(H,18,21)(H,22,23). The summed E-state index contributed by atoms with van der Waals surface area (Å²) in [4.78, 5) is 29.2. The molecule has 0 radical (unpaired) electrons. The Morgan fingerprint density at radius 2 is 2.04 bits per heavy atom. The molecule has 2 rings (SSSR count). The first-order valence-electron chi connectivity index (χ1n) is 7.80. The van der Waals surface area contributed by atoms with Crippen molar-refractivity contribution in [3.63, 3.8) is 0 Å². The van der Waals surface area contributed by atoms with Crippen LogP contribution in [0, 0.1) is 0 Å². The van der Waals surface area contributed by atoms with Crippen LogP contribution in [0.1, 0.15) is 19.5 Å². The van der Waals surface area contributed by atoms with Crippen LogP contribution in [0.3, 0.4) is 0 Å². The lowest BCUT2D eigenvalue weighted by Gasteiger charge is -2.17. The second kappa shape index (κ2) is 8.56. The van der Waals surface area contributed by atoms with Crippen molar-refractivity contribution < 1.29 is 14.7 Å². The predicted molar refractivity (Wildman–Crippen MR) is 95.3 cm³/mol. The van der Waals surface area contributed by atoms with Gasteiger partial charge in [-0.15, -0.1) is 11.3 Å². The molecule has 0 unspecified atom stereocenters. The zero-order valence-electron chi connectivity index (χ0n) is 13.8. The van der Waals surface area contributed by atoms with E-state index in [1.165, 1.54) is 11.3 Å². The second-order valence-electron chi connectivity index (χ2n) is 5.30. The average Bonchev–Trinajstić information content (AvgIpc) is 3.00. The van der Waals surface area contributed by atoms with E-state index in [4.69, 9.17) is 5.11 Å². The summed E-state index contributed by atoms with van der Waals surface area (Å²) in [6.45, 7) is 6.06. The van der Waals surface area contributed by atoms with Gasteiger partial charge in [0, 0.05) is 16.6 Å². The molecule has 24 heavy (non-hydrogen) atoms. The van der Waals surface area contributed by atoms with Crippen molar-refractivity contribution in [2.24, 2.45) is 0 Å². The summed E-state index contributed by atoms with van der Waals surface area (Å²) in [5, 5.41) is 14.2. The zero-order valence-corrected chi connectivity index (χ0v) is 14.6. The molecule has 2 aromatic rings. The van der Waals surface area contributed by atoms with E-state index in [0.29, 0.717) is 17.9 Å². The molecule has 0 saturated carbocycles.